The van der Waals surface area contributed by atoms with Gasteiger partial charge in [0.1, 0.15) is 6.17 Å². The van der Waals surface area contributed by atoms with Gasteiger partial charge in [-0.2, -0.15) is 0 Å². The number of rotatable bonds is 1. The van der Waals surface area contributed by atoms with Crippen molar-refractivity contribution in [3.05, 3.63) is 12.3 Å². The number of allylic oxidation sites excluding steroid dienone is 1. The van der Waals surface area contributed by atoms with E-state index in [2.05, 4.69) is 25.3 Å². The maximum Gasteiger partial charge on any atom is 0.320 e. The molecule has 0 saturated carbocycles. The number of likely N-dealkylation sites (tertiary alicyclic amines) is 1. The summed E-state index contributed by atoms with van der Waals surface area (Å²) >= 11 is 0. The first kappa shape index (κ1) is 14.2. The quantitative estimate of drug-likeness (QED) is 0.728. The van der Waals surface area contributed by atoms with E-state index >= 15 is 0 Å². The summed E-state index contributed by atoms with van der Waals surface area (Å²) in [5.74, 6) is 0. The molecule has 2 amide bonds. The SMILES string of the molecule is C=C(C)N1[C@H](C)CN(C(=O)N2CCC(F)C2)C[C@@H]1C. The Morgan fingerprint density at radius 2 is 1.74 bits per heavy atom. The van der Waals surface area contributed by atoms with Gasteiger partial charge in [-0.25, -0.2) is 9.18 Å². The second kappa shape index (κ2) is 5.39. The van der Waals surface area contributed by atoms with Crippen molar-refractivity contribution in [2.24, 2.45) is 0 Å². The van der Waals surface area contributed by atoms with Gasteiger partial charge in [0.15, 0.2) is 0 Å². The number of hydrogen-bond acceptors (Lipinski definition) is 2. The molecule has 0 radical (unpaired) electrons. The standard InChI is InChI=1S/C14H24FN3O/c1-10(2)18-11(3)7-17(8-12(18)4)14(19)16-6-5-13(15)9-16/h11-13H,1,5-9H2,2-4H3/t11-,12+,13?. The van der Waals surface area contributed by atoms with Crippen LogP contribution in [-0.4, -0.2) is 65.2 Å². The van der Waals surface area contributed by atoms with Crippen molar-refractivity contribution in [2.45, 2.75) is 45.4 Å². The summed E-state index contributed by atoms with van der Waals surface area (Å²) in [7, 11) is 0. The smallest absolute Gasteiger partial charge is 0.320 e. The lowest BCUT2D eigenvalue weighted by Crippen LogP contribution is -2.59. The van der Waals surface area contributed by atoms with Crippen LogP contribution in [0.3, 0.4) is 0 Å². The number of carbonyl (C=O) groups is 1. The van der Waals surface area contributed by atoms with Crippen molar-refractivity contribution in [1.82, 2.24) is 14.7 Å². The van der Waals surface area contributed by atoms with E-state index in [4.69, 9.17) is 0 Å². The summed E-state index contributed by atoms with van der Waals surface area (Å²) in [5, 5.41) is 0. The molecule has 0 aromatic carbocycles. The van der Waals surface area contributed by atoms with Crippen molar-refractivity contribution >= 4 is 6.03 Å². The van der Waals surface area contributed by atoms with Gasteiger partial charge in [0.2, 0.25) is 0 Å². The minimum absolute atomic E-state index is 0.0137. The van der Waals surface area contributed by atoms with E-state index < -0.39 is 6.17 Å². The highest BCUT2D eigenvalue weighted by atomic mass is 19.1. The molecule has 2 saturated heterocycles. The number of piperazine rings is 1. The third kappa shape index (κ3) is 2.85. The number of halogens is 1. The highest BCUT2D eigenvalue weighted by molar-refractivity contribution is 5.75. The van der Waals surface area contributed by atoms with E-state index in [1.165, 1.54) is 0 Å². The Bertz CT molecular complexity index is 362. The lowest BCUT2D eigenvalue weighted by molar-refractivity contribution is 0.0702. The van der Waals surface area contributed by atoms with Gasteiger partial charge in [0.25, 0.3) is 0 Å². The van der Waals surface area contributed by atoms with E-state index in [1.54, 1.807) is 4.90 Å². The first-order chi connectivity index (χ1) is 8.90. The van der Waals surface area contributed by atoms with Crippen molar-refractivity contribution in [2.75, 3.05) is 26.2 Å². The van der Waals surface area contributed by atoms with Crippen molar-refractivity contribution in [1.29, 1.82) is 0 Å². The number of alkyl halides is 1. The topological polar surface area (TPSA) is 26.8 Å². The van der Waals surface area contributed by atoms with Crippen LogP contribution in [0.25, 0.3) is 0 Å². The molecule has 0 aromatic rings. The van der Waals surface area contributed by atoms with Crippen LogP contribution in [0.2, 0.25) is 0 Å². The van der Waals surface area contributed by atoms with Gasteiger partial charge >= 0.3 is 6.03 Å². The summed E-state index contributed by atoms with van der Waals surface area (Å²) < 4.78 is 13.2. The summed E-state index contributed by atoms with van der Waals surface area (Å²) in [5.41, 5.74) is 1.04. The molecule has 0 aliphatic carbocycles. The van der Waals surface area contributed by atoms with Crippen LogP contribution in [0.1, 0.15) is 27.2 Å². The molecule has 19 heavy (non-hydrogen) atoms. The fourth-order valence-electron chi connectivity index (χ4n) is 3.32. The zero-order chi connectivity index (χ0) is 14.2. The number of hydrogen-bond donors (Lipinski definition) is 0. The second-order valence-electron chi connectivity index (χ2n) is 5.86. The lowest BCUT2D eigenvalue weighted by Gasteiger charge is -2.46. The summed E-state index contributed by atoms with van der Waals surface area (Å²) in [6.45, 7) is 12.4. The fourth-order valence-corrected chi connectivity index (χ4v) is 3.32. The van der Waals surface area contributed by atoms with Crippen molar-refractivity contribution < 1.29 is 9.18 Å². The number of amides is 2. The van der Waals surface area contributed by atoms with E-state index in [1.807, 2.05) is 11.8 Å². The molecule has 2 aliphatic rings. The van der Waals surface area contributed by atoms with Gasteiger partial charge in [0.05, 0.1) is 6.54 Å². The predicted octanol–water partition coefficient (Wildman–Crippen LogP) is 2.08. The van der Waals surface area contributed by atoms with Crippen LogP contribution in [-0.2, 0) is 0 Å². The summed E-state index contributed by atoms with van der Waals surface area (Å²) in [6.07, 6.45) is -0.377. The third-order valence-electron chi connectivity index (χ3n) is 4.03. The van der Waals surface area contributed by atoms with E-state index in [0.29, 0.717) is 26.1 Å². The van der Waals surface area contributed by atoms with Gasteiger partial charge in [0, 0.05) is 37.4 Å². The summed E-state index contributed by atoms with van der Waals surface area (Å²) in [6, 6.07) is 0.503. The molecule has 108 valence electrons. The van der Waals surface area contributed by atoms with Crippen LogP contribution in [0, 0.1) is 0 Å². The van der Waals surface area contributed by atoms with E-state index in [-0.39, 0.29) is 24.7 Å². The first-order valence-corrected chi connectivity index (χ1v) is 7.02. The zero-order valence-electron chi connectivity index (χ0n) is 12.1. The first-order valence-electron chi connectivity index (χ1n) is 7.02. The fraction of sp³-hybridized carbons (Fsp3) is 0.786. The highest BCUT2D eigenvalue weighted by Crippen LogP contribution is 2.22. The molecule has 0 bridgehead atoms. The molecule has 4 nitrogen and oxygen atoms in total. The average Bonchev–Trinajstić information content (AvgIpc) is 2.73. The minimum atomic E-state index is -0.851. The molecule has 2 fully saturated rings. The molecule has 1 unspecified atom stereocenters. The third-order valence-corrected chi connectivity index (χ3v) is 4.03. The Hall–Kier alpha value is -1.26. The van der Waals surface area contributed by atoms with Gasteiger partial charge < -0.3 is 14.7 Å². The zero-order valence-corrected chi connectivity index (χ0v) is 12.1. The molecular formula is C14H24FN3O. The molecule has 2 rings (SSSR count). The maximum atomic E-state index is 13.2. The van der Waals surface area contributed by atoms with E-state index in [9.17, 15) is 9.18 Å². The number of carbonyl (C=O) groups excluding carboxylic acids is 1. The van der Waals surface area contributed by atoms with Crippen molar-refractivity contribution in [3.63, 3.8) is 0 Å². The monoisotopic (exact) mass is 269 g/mol. The molecule has 0 aromatic heterocycles. The molecule has 5 heteroatoms. The lowest BCUT2D eigenvalue weighted by atomic mass is 10.1. The minimum Gasteiger partial charge on any atom is -0.367 e. The van der Waals surface area contributed by atoms with Crippen LogP contribution in [0.4, 0.5) is 9.18 Å². The van der Waals surface area contributed by atoms with E-state index in [0.717, 1.165) is 5.70 Å². The highest BCUT2D eigenvalue weighted by Gasteiger charge is 2.35. The Morgan fingerprint density at radius 1 is 1.16 bits per heavy atom. The molecule has 3 atom stereocenters. The molecule has 2 heterocycles. The Balaban J connectivity index is 2.00. The largest absolute Gasteiger partial charge is 0.367 e. The number of urea groups is 1. The molecule has 2 aliphatic heterocycles. The second-order valence-corrected chi connectivity index (χ2v) is 5.86. The van der Waals surface area contributed by atoms with Crippen molar-refractivity contribution in [3.8, 4) is 0 Å². The van der Waals surface area contributed by atoms with Crippen LogP contribution >= 0.6 is 0 Å². The number of nitrogens with zero attached hydrogens (tertiary/aromatic N) is 3. The molecule has 0 spiro atoms. The van der Waals surface area contributed by atoms with Gasteiger partial charge in [-0.1, -0.05) is 6.58 Å². The molecular weight excluding hydrogens is 245 g/mol. The Labute approximate surface area is 114 Å². The maximum absolute atomic E-state index is 13.2. The Morgan fingerprint density at radius 3 is 2.16 bits per heavy atom. The Kier molecular flexibility index (Phi) is 4.02. The van der Waals surface area contributed by atoms with Crippen LogP contribution < -0.4 is 0 Å². The predicted molar refractivity (Wildman–Crippen MR) is 73.6 cm³/mol. The average molecular weight is 269 g/mol. The molecule has 0 N–H and O–H groups in total. The van der Waals surface area contributed by atoms with Crippen LogP contribution in [0.15, 0.2) is 12.3 Å². The normalized spacial score (nSPS) is 31.8. The summed E-state index contributed by atoms with van der Waals surface area (Å²) in [4.78, 5) is 18.1. The van der Waals surface area contributed by atoms with Gasteiger partial charge in [-0.3, -0.25) is 0 Å². The van der Waals surface area contributed by atoms with Gasteiger partial charge in [-0.15, -0.1) is 0 Å². The van der Waals surface area contributed by atoms with Gasteiger partial charge in [-0.05, 0) is 27.2 Å². The van der Waals surface area contributed by atoms with Crippen LogP contribution in [0.5, 0.6) is 0 Å².